The van der Waals surface area contributed by atoms with Crippen molar-refractivity contribution in [2.45, 2.75) is 33.0 Å². The highest BCUT2D eigenvalue weighted by Gasteiger charge is 2.29. The normalized spacial score (nSPS) is 17.0. The molecule has 0 bridgehead atoms. The minimum Gasteiger partial charge on any atom is -0.497 e. The third kappa shape index (κ3) is 3.30. The molecule has 2 aromatic heterocycles. The Morgan fingerprint density at radius 1 is 1.19 bits per heavy atom. The Kier molecular flexibility index (Phi) is 4.84. The van der Waals surface area contributed by atoms with Crippen molar-refractivity contribution in [1.29, 1.82) is 0 Å². The van der Waals surface area contributed by atoms with Crippen LogP contribution in [0.1, 0.15) is 30.0 Å². The van der Waals surface area contributed by atoms with Gasteiger partial charge >= 0.3 is 0 Å². The molecule has 1 aromatic carbocycles. The van der Waals surface area contributed by atoms with E-state index in [2.05, 4.69) is 37.6 Å². The van der Waals surface area contributed by atoms with E-state index < -0.39 is 0 Å². The van der Waals surface area contributed by atoms with Crippen LogP contribution in [0.3, 0.4) is 0 Å². The number of ether oxygens (including phenoxy) is 2. The fourth-order valence-corrected chi connectivity index (χ4v) is 4.25. The zero-order valence-corrected chi connectivity index (χ0v) is 16.8. The van der Waals surface area contributed by atoms with E-state index in [-0.39, 0.29) is 6.04 Å². The average molecular weight is 385 g/mol. The van der Waals surface area contributed by atoms with Crippen molar-refractivity contribution >= 4 is 11.3 Å². The van der Waals surface area contributed by atoms with Crippen LogP contribution in [0.4, 0.5) is 0 Å². The maximum atomic E-state index is 5.55. The van der Waals surface area contributed by atoms with Gasteiger partial charge in [0.25, 0.3) is 0 Å². The molecule has 0 saturated heterocycles. The summed E-state index contributed by atoms with van der Waals surface area (Å²) in [6.45, 7) is 6.72. The molecule has 0 N–H and O–H groups in total. The molecule has 142 valence electrons. The third-order valence-corrected chi connectivity index (χ3v) is 5.95. The maximum absolute atomic E-state index is 5.55. The van der Waals surface area contributed by atoms with E-state index in [0.717, 1.165) is 59.0 Å². The monoisotopic (exact) mass is 385 g/mol. The first kappa shape index (κ1) is 17.9. The maximum Gasteiger partial charge on any atom is 0.193 e. The molecular weight excluding hydrogens is 362 g/mol. The molecule has 0 saturated carbocycles. The van der Waals surface area contributed by atoms with Crippen molar-refractivity contribution in [1.82, 2.24) is 24.6 Å². The number of rotatable bonds is 5. The largest absolute Gasteiger partial charge is 0.497 e. The Labute approximate surface area is 162 Å². The Hall–Kier alpha value is -2.45. The number of fused-ring (bicyclic) bond motifs is 1. The van der Waals surface area contributed by atoms with Crippen LogP contribution in [0, 0.1) is 6.92 Å². The Balaban J connectivity index is 1.58. The van der Waals surface area contributed by atoms with Gasteiger partial charge in [-0.3, -0.25) is 4.90 Å². The fraction of sp³-hybridized carbons (Fsp3) is 0.421. The van der Waals surface area contributed by atoms with Crippen molar-refractivity contribution < 1.29 is 9.47 Å². The van der Waals surface area contributed by atoms with Crippen LogP contribution in [-0.2, 0) is 13.1 Å². The summed E-state index contributed by atoms with van der Waals surface area (Å²) in [5.74, 6) is 3.49. The van der Waals surface area contributed by atoms with Crippen LogP contribution in [0.15, 0.2) is 23.6 Å². The second kappa shape index (κ2) is 7.28. The first-order chi connectivity index (χ1) is 13.1. The zero-order valence-electron chi connectivity index (χ0n) is 16.0. The molecular formula is C19H23N5O2S. The van der Waals surface area contributed by atoms with Gasteiger partial charge in [-0.1, -0.05) is 6.07 Å². The van der Waals surface area contributed by atoms with Gasteiger partial charge in [-0.05, 0) is 19.9 Å². The molecule has 0 radical (unpaired) electrons. The van der Waals surface area contributed by atoms with Gasteiger partial charge in [0.2, 0.25) is 0 Å². The topological polar surface area (TPSA) is 65.3 Å². The van der Waals surface area contributed by atoms with Crippen molar-refractivity contribution in [2.75, 3.05) is 20.8 Å². The number of benzene rings is 1. The lowest BCUT2D eigenvalue weighted by Gasteiger charge is -2.33. The predicted molar refractivity (Wildman–Crippen MR) is 104 cm³/mol. The smallest absolute Gasteiger partial charge is 0.193 e. The summed E-state index contributed by atoms with van der Waals surface area (Å²) >= 11 is 1.62. The fourth-order valence-electron chi connectivity index (χ4n) is 3.46. The SMILES string of the molecule is COc1ccc(CN2CCn3c(-c4nc(C)cs4)nnc3[C@H]2C)c(OC)c1. The van der Waals surface area contributed by atoms with Crippen molar-refractivity contribution in [3.05, 3.63) is 40.7 Å². The molecule has 3 aromatic rings. The summed E-state index contributed by atoms with van der Waals surface area (Å²) in [4.78, 5) is 6.96. The number of methoxy groups -OCH3 is 2. The Morgan fingerprint density at radius 2 is 2.04 bits per heavy atom. The molecule has 1 atom stereocenters. The molecule has 1 aliphatic heterocycles. The van der Waals surface area contributed by atoms with Crippen LogP contribution in [0.5, 0.6) is 11.5 Å². The number of nitrogens with zero attached hydrogens (tertiary/aromatic N) is 5. The number of hydrogen-bond donors (Lipinski definition) is 0. The average Bonchev–Trinajstić information content (AvgIpc) is 3.30. The van der Waals surface area contributed by atoms with E-state index in [9.17, 15) is 0 Å². The highest BCUT2D eigenvalue weighted by atomic mass is 32.1. The summed E-state index contributed by atoms with van der Waals surface area (Å²) in [5, 5.41) is 11.9. The summed E-state index contributed by atoms with van der Waals surface area (Å²) in [6.07, 6.45) is 0. The van der Waals surface area contributed by atoms with Gasteiger partial charge in [0.15, 0.2) is 16.7 Å². The highest BCUT2D eigenvalue weighted by molar-refractivity contribution is 7.13. The predicted octanol–water partition coefficient (Wildman–Crippen LogP) is 3.30. The molecule has 0 unspecified atom stereocenters. The molecule has 4 rings (SSSR count). The van der Waals surface area contributed by atoms with E-state index >= 15 is 0 Å². The molecule has 0 fully saturated rings. The summed E-state index contributed by atoms with van der Waals surface area (Å²) in [7, 11) is 3.35. The molecule has 27 heavy (non-hydrogen) atoms. The van der Waals surface area contributed by atoms with Gasteiger partial charge in [0, 0.05) is 42.3 Å². The quantitative estimate of drug-likeness (QED) is 0.671. The van der Waals surface area contributed by atoms with Gasteiger partial charge in [-0.15, -0.1) is 21.5 Å². The lowest BCUT2D eigenvalue weighted by atomic mass is 10.1. The standard InChI is InChI=1S/C19H23N5O2S/c1-12-11-27-19(20-12)18-22-21-17-13(2)23(7-8-24(17)18)10-14-5-6-15(25-3)9-16(14)26-4/h5-6,9,11,13H,7-8,10H2,1-4H3/t13-/m1/s1. The number of thiazole rings is 1. The minimum absolute atomic E-state index is 0.160. The van der Waals surface area contributed by atoms with Crippen molar-refractivity contribution in [2.24, 2.45) is 0 Å². The molecule has 0 amide bonds. The first-order valence-corrected chi connectivity index (χ1v) is 9.79. The lowest BCUT2D eigenvalue weighted by molar-refractivity contribution is 0.155. The van der Waals surface area contributed by atoms with E-state index in [1.165, 1.54) is 0 Å². The summed E-state index contributed by atoms with van der Waals surface area (Å²) < 4.78 is 13.0. The number of aromatic nitrogens is 4. The van der Waals surface area contributed by atoms with Crippen molar-refractivity contribution in [3.63, 3.8) is 0 Å². The third-order valence-electron chi connectivity index (χ3n) is 4.99. The van der Waals surface area contributed by atoms with Crippen LogP contribution in [0.2, 0.25) is 0 Å². The van der Waals surface area contributed by atoms with E-state index in [1.54, 1.807) is 25.6 Å². The van der Waals surface area contributed by atoms with Crippen LogP contribution in [0.25, 0.3) is 10.8 Å². The van der Waals surface area contributed by atoms with Crippen LogP contribution in [-0.4, -0.2) is 45.4 Å². The molecule has 1 aliphatic rings. The molecule has 8 heteroatoms. The molecule has 7 nitrogen and oxygen atoms in total. The van der Waals surface area contributed by atoms with E-state index in [1.807, 2.05) is 24.4 Å². The first-order valence-electron chi connectivity index (χ1n) is 8.91. The van der Waals surface area contributed by atoms with Gasteiger partial charge < -0.3 is 14.0 Å². The van der Waals surface area contributed by atoms with Gasteiger partial charge in [-0.25, -0.2) is 4.98 Å². The van der Waals surface area contributed by atoms with Crippen LogP contribution < -0.4 is 9.47 Å². The number of aryl methyl sites for hydroxylation is 1. The highest BCUT2D eigenvalue weighted by Crippen LogP contribution is 2.33. The van der Waals surface area contributed by atoms with Crippen LogP contribution >= 0.6 is 11.3 Å². The lowest BCUT2D eigenvalue weighted by Crippen LogP contribution is -2.36. The Bertz CT molecular complexity index is 951. The molecule has 3 heterocycles. The van der Waals surface area contributed by atoms with Crippen molar-refractivity contribution in [3.8, 4) is 22.3 Å². The van der Waals surface area contributed by atoms with Gasteiger partial charge in [0.1, 0.15) is 11.5 Å². The van der Waals surface area contributed by atoms with Gasteiger partial charge in [0.05, 0.1) is 20.3 Å². The zero-order chi connectivity index (χ0) is 19.0. The second-order valence-electron chi connectivity index (χ2n) is 6.65. The summed E-state index contributed by atoms with van der Waals surface area (Å²) in [5.41, 5.74) is 2.15. The molecule has 0 spiro atoms. The van der Waals surface area contributed by atoms with E-state index in [4.69, 9.17) is 9.47 Å². The minimum atomic E-state index is 0.160. The molecule has 0 aliphatic carbocycles. The van der Waals surface area contributed by atoms with Gasteiger partial charge in [-0.2, -0.15) is 0 Å². The second-order valence-corrected chi connectivity index (χ2v) is 7.51. The number of hydrogen-bond acceptors (Lipinski definition) is 7. The Morgan fingerprint density at radius 3 is 2.74 bits per heavy atom. The summed E-state index contributed by atoms with van der Waals surface area (Å²) in [6, 6.07) is 6.12. The van der Waals surface area contributed by atoms with E-state index in [0.29, 0.717) is 0 Å².